The Morgan fingerprint density at radius 1 is 1.00 bits per heavy atom. The van der Waals surface area contributed by atoms with Gasteiger partial charge in [-0.15, -0.1) is 0 Å². The van der Waals surface area contributed by atoms with Crippen LogP contribution in [0.1, 0.15) is 93.4 Å². The lowest BCUT2D eigenvalue weighted by molar-refractivity contribution is -0.148. The molecular formula is C30H46O2. The molecule has 0 aromatic heterocycles. The van der Waals surface area contributed by atoms with E-state index in [1.807, 2.05) is 0 Å². The van der Waals surface area contributed by atoms with Crippen molar-refractivity contribution in [3.05, 3.63) is 35.5 Å². The van der Waals surface area contributed by atoms with Crippen LogP contribution in [-0.2, 0) is 9.53 Å². The van der Waals surface area contributed by atoms with Gasteiger partial charge in [0.05, 0.1) is 0 Å². The van der Waals surface area contributed by atoms with Crippen LogP contribution in [0.2, 0.25) is 0 Å². The van der Waals surface area contributed by atoms with E-state index in [-0.39, 0.29) is 17.5 Å². The molecule has 2 nitrogen and oxygen atoms in total. The molecule has 0 amide bonds. The number of ether oxygens (including phenoxy) is 1. The van der Waals surface area contributed by atoms with Crippen molar-refractivity contribution in [2.45, 2.75) is 99.5 Å². The Morgan fingerprint density at radius 3 is 2.44 bits per heavy atom. The molecule has 3 fully saturated rings. The van der Waals surface area contributed by atoms with Crippen molar-refractivity contribution in [3.8, 4) is 0 Å². The quantitative estimate of drug-likeness (QED) is 0.322. The molecule has 178 valence electrons. The molecule has 0 saturated heterocycles. The number of hydrogen-bond acceptors (Lipinski definition) is 2. The Kier molecular flexibility index (Phi) is 6.56. The molecule has 0 spiro atoms. The van der Waals surface area contributed by atoms with Gasteiger partial charge in [0.15, 0.2) is 0 Å². The first-order valence-electron chi connectivity index (χ1n) is 13.3. The lowest BCUT2D eigenvalue weighted by Crippen LogP contribution is -2.46. The fraction of sp³-hybridized carbons (Fsp3) is 0.767. The molecule has 0 aliphatic heterocycles. The van der Waals surface area contributed by atoms with Crippen molar-refractivity contribution in [2.24, 2.45) is 46.3 Å². The summed E-state index contributed by atoms with van der Waals surface area (Å²) in [6.07, 6.45) is 18.5. The maximum atomic E-state index is 11.5. The summed E-state index contributed by atoms with van der Waals surface area (Å²) >= 11 is 0. The second-order valence-electron chi connectivity index (χ2n) is 12.4. The SMILES string of the molecule is CC(=O)O[C@H]1CC[C@@]2(C)C(=CC=C3[C@@H]4CC[C@H]([C@@H](C)/C=C/[C@H](C)C(C)C)[C@@]4(C)CC[C@@H]32)C1. The summed E-state index contributed by atoms with van der Waals surface area (Å²) in [5.41, 5.74) is 3.98. The lowest BCUT2D eigenvalue weighted by atomic mass is 9.50. The topological polar surface area (TPSA) is 26.3 Å². The second-order valence-corrected chi connectivity index (χ2v) is 12.4. The van der Waals surface area contributed by atoms with Crippen molar-refractivity contribution >= 4 is 5.97 Å². The molecule has 4 aliphatic rings. The van der Waals surface area contributed by atoms with E-state index >= 15 is 0 Å². The first-order chi connectivity index (χ1) is 15.1. The number of carbonyl (C=O) groups is 1. The predicted octanol–water partition coefficient (Wildman–Crippen LogP) is 7.90. The van der Waals surface area contributed by atoms with Gasteiger partial charge in [0.1, 0.15) is 6.10 Å². The van der Waals surface area contributed by atoms with Gasteiger partial charge < -0.3 is 4.74 Å². The van der Waals surface area contributed by atoms with E-state index < -0.39 is 0 Å². The van der Waals surface area contributed by atoms with Crippen LogP contribution in [0, 0.1) is 46.3 Å². The minimum absolute atomic E-state index is 0.0763. The van der Waals surface area contributed by atoms with Gasteiger partial charge >= 0.3 is 5.97 Å². The highest BCUT2D eigenvalue weighted by Crippen LogP contribution is 2.66. The third-order valence-corrected chi connectivity index (χ3v) is 10.3. The molecule has 0 N–H and O–H groups in total. The van der Waals surface area contributed by atoms with Crippen molar-refractivity contribution in [2.75, 3.05) is 0 Å². The smallest absolute Gasteiger partial charge is 0.302 e. The van der Waals surface area contributed by atoms with Gasteiger partial charge in [0.25, 0.3) is 0 Å². The summed E-state index contributed by atoms with van der Waals surface area (Å²) < 4.78 is 5.59. The van der Waals surface area contributed by atoms with E-state index in [9.17, 15) is 4.79 Å². The summed E-state index contributed by atoms with van der Waals surface area (Å²) in [4.78, 5) is 11.5. The summed E-state index contributed by atoms with van der Waals surface area (Å²) in [6, 6.07) is 0. The molecule has 32 heavy (non-hydrogen) atoms. The Morgan fingerprint density at radius 2 is 1.75 bits per heavy atom. The molecule has 0 radical (unpaired) electrons. The van der Waals surface area contributed by atoms with Gasteiger partial charge in [-0.3, -0.25) is 4.79 Å². The number of carbonyl (C=O) groups excluding carboxylic acids is 1. The monoisotopic (exact) mass is 438 g/mol. The van der Waals surface area contributed by atoms with Crippen LogP contribution >= 0.6 is 0 Å². The summed E-state index contributed by atoms with van der Waals surface area (Å²) in [5.74, 6) is 4.11. The summed E-state index contributed by atoms with van der Waals surface area (Å²) in [7, 11) is 0. The Hall–Kier alpha value is -1.31. The molecule has 0 unspecified atom stereocenters. The third kappa shape index (κ3) is 4.05. The molecule has 0 heterocycles. The zero-order chi connectivity index (χ0) is 23.3. The van der Waals surface area contributed by atoms with Crippen molar-refractivity contribution in [1.82, 2.24) is 0 Å². The number of rotatable bonds is 5. The highest BCUT2D eigenvalue weighted by atomic mass is 16.5. The normalized spacial score (nSPS) is 40.8. The van der Waals surface area contributed by atoms with E-state index in [1.54, 1.807) is 12.5 Å². The molecule has 0 bridgehead atoms. The van der Waals surface area contributed by atoms with E-state index in [0.717, 1.165) is 31.1 Å². The Balaban J connectivity index is 1.54. The molecule has 8 atom stereocenters. The zero-order valence-electron chi connectivity index (χ0n) is 21.6. The first-order valence-corrected chi connectivity index (χ1v) is 13.3. The van der Waals surface area contributed by atoms with Crippen LogP contribution in [0.25, 0.3) is 0 Å². The number of allylic oxidation sites excluding steroid dienone is 5. The van der Waals surface area contributed by atoms with Crippen LogP contribution in [0.5, 0.6) is 0 Å². The van der Waals surface area contributed by atoms with Gasteiger partial charge in [-0.1, -0.05) is 77.0 Å². The number of fused-ring (bicyclic) bond motifs is 5. The summed E-state index contributed by atoms with van der Waals surface area (Å²) in [6.45, 7) is 16.1. The molecule has 4 aliphatic carbocycles. The van der Waals surface area contributed by atoms with Gasteiger partial charge in [0.2, 0.25) is 0 Å². The molecular weight excluding hydrogens is 392 g/mol. The van der Waals surface area contributed by atoms with Crippen molar-refractivity contribution in [3.63, 3.8) is 0 Å². The maximum Gasteiger partial charge on any atom is 0.302 e. The van der Waals surface area contributed by atoms with Gasteiger partial charge in [-0.2, -0.15) is 0 Å². The van der Waals surface area contributed by atoms with E-state index in [4.69, 9.17) is 4.74 Å². The van der Waals surface area contributed by atoms with Crippen LogP contribution in [0.15, 0.2) is 35.5 Å². The predicted molar refractivity (Wildman–Crippen MR) is 133 cm³/mol. The Bertz CT molecular complexity index is 817. The maximum absolute atomic E-state index is 11.5. The van der Waals surface area contributed by atoms with Gasteiger partial charge in [0, 0.05) is 13.3 Å². The number of hydrogen-bond donors (Lipinski definition) is 0. The second kappa shape index (κ2) is 8.80. The zero-order valence-corrected chi connectivity index (χ0v) is 21.6. The fourth-order valence-electron chi connectivity index (χ4n) is 7.92. The van der Waals surface area contributed by atoms with Gasteiger partial charge in [-0.25, -0.2) is 0 Å². The van der Waals surface area contributed by atoms with Crippen LogP contribution in [0.3, 0.4) is 0 Å². The Labute approximate surface area is 197 Å². The van der Waals surface area contributed by atoms with Crippen LogP contribution < -0.4 is 0 Å². The van der Waals surface area contributed by atoms with E-state index in [2.05, 4.69) is 65.8 Å². The highest BCUT2D eigenvalue weighted by Gasteiger charge is 2.56. The fourth-order valence-corrected chi connectivity index (χ4v) is 7.92. The van der Waals surface area contributed by atoms with E-state index in [0.29, 0.717) is 29.1 Å². The molecule has 3 saturated carbocycles. The molecule has 2 heteroatoms. The highest BCUT2D eigenvalue weighted by molar-refractivity contribution is 5.66. The third-order valence-electron chi connectivity index (χ3n) is 10.3. The van der Waals surface area contributed by atoms with E-state index in [1.165, 1.54) is 31.3 Å². The van der Waals surface area contributed by atoms with Crippen LogP contribution in [0.4, 0.5) is 0 Å². The van der Waals surface area contributed by atoms with Gasteiger partial charge in [-0.05, 0) is 84.9 Å². The largest absolute Gasteiger partial charge is 0.462 e. The minimum atomic E-state index is -0.136. The minimum Gasteiger partial charge on any atom is -0.462 e. The van der Waals surface area contributed by atoms with Crippen molar-refractivity contribution in [1.29, 1.82) is 0 Å². The average molecular weight is 439 g/mol. The number of esters is 1. The first kappa shape index (κ1) is 23.8. The summed E-state index contributed by atoms with van der Waals surface area (Å²) in [5, 5.41) is 0. The average Bonchev–Trinajstić information content (AvgIpc) is 3.08. The standard InChI is InChI=1S/C30H46O2/c1-19(2)20(3)8-9-21(4)26-12-13-27-25-11-10-23-18-24(32-22(5)31)14-16-29(23,6)28(25)15-17-30(26,27)7/h8-11,19-21,24,26-28H,12-18H2,1-7H3/b9-8+/t20-,21-,24-,26+,27-,28-,29-,30+/m0/s1. The molecule has 0 aromatic carbocycles. The molecule has 4 rings (SSSR count). The lowest BCUT2D eigenvalue weighted by Gasteiger charge is -2.55. The molecule has 0 aromatic rings. The van der Waals surface area contributed by atoms with Crippen molar-refractivity contribution < 1.29 is 9.53 Å². The van der Waals surface area contributed by atoms with Crippen LogP contribution in [-0.4, -0.2) is 12.1 Å².